The van der Waals surface area contributed by atoms with Gasteiger partial charge in [-0.25, -0.2) is 22.8 Å². The van der Waals surface area contributed by atoms with Gasteiger partial charge in [0.25, 0.3) is 0 Å². The Labute approximate surface area is 204 Å². The van der Waals surface area contributed by atoms with Crippen molar-refractivity contribution in [3.8, 4) is 0 Å². The molecule has 0 bridgehead atoms. The van der Waals surface area contributed by atoms with Gasteiger partial charge in [0.2, 0.25) is 10.0 Å². The van der Waals surface area contributed by atoms with Gasteiger partial charge >= 0.3 is 0 Å². The van der Waals surface area contributed by atoms with Crippen LogP contribution in [0.3, 0.4) is 0 Å². The second kappa shape index (κ2) is 9.69. The van der Waals surface area contributed by atoms with E-state index >= 15 is 0 Å². The van der Waals surface area contributed by atoms with Crippen molar-refractivity contribution in [2.45, 2.75) is 17.9 Å². The molecule has 3 aromatic carbocycles. The van der Waals surface area contributed by atoms with Gasteiger partial charge in [-0.15, -0.1) is 0 Å². The fourth-order valence-electron chi connectivity index (χ4n) is 4.29. The summed E-state index contributed by atoms with van der Waals surface area (Å²) in [5, 5.41) is 4.34. The van der Waals surface area contributed by atoms with Crippen LogP contribution in [0.2, 0.25) is 0 Å². The van der Waals surface area contributed by atoms with Gasteiger partial charge in [0.05, 0.1) is 16.5 Å². The second-order valence-corrected chi connectivity index (χ2v) is 10.4. The molecular weight excluding hydrogens is 465 g/mol. The lowest BCUT2D eigenvalue weighted by Gasteiger charge is -2.36. The highest BCUT2D eigenvalue weighted by molar-refractivity contribution is 7.89. The maximum absolute atomic E-state index is 13.2. The summed E-state index contributed by atoms with van der Waals surface area (Å²) in [5.74, 6) is 0.956. The van der Waals surface area contributed by atoms with Gasteiger partial charge in [-0.2, -0.15) is 4.31 Å². The fraction of sp³-hybridized carbons (Fsp3) is 0.231. The third-order valence-electron chi connectivity index (χ3n) is 6.30. The Morgan fingerprint density at radius 2 is 1.51 bits per heavy atom. The Morgan fingerprint density at radius 3 is 2.23 bits per heavy atom. The van der Waals surface area contributed by atoms with Crippen LogP contribution >= 0.6 is 0 Å². The predicted molar refractivity (Wildman–Crippen MR) is 134 cm³/mol. The Kier molecular flexibility index (Phi) is 6.46. The molecule has 2 heterocycles. The number of piperazine rings is 1. The zero-order chi connectivity index (χ0) is 24.4. The minimum absolute atomic E-state index is 0.105. The van der Waals surface area contributed by atoms with Crippen LogP contribution in [0.25, 0.3) is 10.9 Å². The van der Waals surface area contributed by atoms with Crippen LogP contribution < -0.4 is 5.32 Å². The molecule has 1 atom stereocenters. The maximum Gasteiger partial charge on any atom is 0.243 e. The van der Waals surface area contributed by atoms with Crippen LogP contribution in [0.15, 0.2) is 83.8 Å². The molecule has 1 N–H and O–H groups in total. The summed E-state index contributed by atoms with van der Waals surface area (Å²) >= 11 is 0. The van der Waals surface area contributed by atoms with Crippen molar-refractivity contribution in [1.82, 2.24) is 19.2 Å². The average molecular weight is 492 g/mol. The van der Waals surface area contributed by atoms with Crippen molar-refractivity contribution in [1.29, 1.82) is 0 Å². The molecule has 0 aliphatic carbocycles. The standard InChI is InChI=1S/C26H26FN5O2S/c1-19(31-15-17-32(18-16-31)35(33,34)22-13-11-20(27)12-14-22)25-29-24-10-6-5-9-23(24)26(30-25)28-21-7-3-2-4-8-21/h2-14,19H,15-18H2,1H3,(H,28,29,30)/t19-/m0/s1. The number of rotatable bonds is 6. The summed E-state index contributed by atoms with van der Waals surface area (Å²) in [6.45, 7) is 3.80. The lowest BCUT2D eigenvalue weighted by Crippen LogP contribution is -2.49. The van der Waals surface area contributed by atoms with Gasteiger partial charge in [0, 0.05) is 37.3 Å². The SMILES string of the molecule is C[C@@H](c1nc(Nc2ccccc2)c2ccccc2n1)N1CCN(S(=O)(=O)c2ccc(F)cc2)CC1. The van der Waals surface area contributed by atoms with Crippen LogP contribution in [0, 0.1) is 5.82 Å². The number of fused-ring (bicyclic) bond motifs is 1. The topological polar surface area (TPSA) is 78.4 Å². The number of sulfonamides is 1. The molecule has 1 saturated heterocycles. The van der Waals surface area contributed by atoms with Gasteiger partial charge in [-0.3, -0.25) is 4.90 Å². The van der Waals surface area contributed by atoms with E-state index in [2.05, 4.69) is 10.2 Å². The van der Waals surface area contributed by atoms with Crippen LogP contribution in [0.4, 0.5) is 15.9 Å². The molecule has 1 fully saturated rings. The first-order valence-corrected chi connectivity index (χ1v) is 12.9. The van der Waals surface area contributed by atoms with Crippen molar-refractivity contribution in [2.24, 2.45) is 0 Å². The molecule has 1 aliphatic rings. The third-order valence-corrected chi connectivity index (χ3v) is 8.22. The lowest BCUT2D eigenvalue weighted by molar-refractivity contribution is 0.141. The summed E-state index contributed by atoms with van der Waals surface area (Å²) in [5.41, 5.74) is 1.79. The molecule has 1 aromatic heterocycles. The molecule has 0 radical (unpaired) electrons. The normalized spacial score (nSPS) is 16.3. The largest absolute Gasteiger partial charge is 0.340 e. The number of anilines is 2. The predicted octanol–water partition coefficient (Wildman–Crippen LogP) is 4.58. The first-order valence-electron chi connectivity index (χ1n) is 11.5. The van der Waals surface area contributed by atoms with Crippen molar-refractivity contribution >= 4 is 32.4 Å². The Balaban J connectivity index is 1.35. The van der Waals surface area contributed by atoms with E-state index in [9.17, 15) is 12.8 Å². The molecule has 180 valence electrons. The summed E-state index contributed by atoms with van der Waals surface area (Å²) in [4.78, 5) is 12.0. The van der Waals surface area contributed by atoms with E-state index in [1.54, 1.807) is 0 Å². The van der Waals surface area contributed by atoms with Crippen LogP contribution in [-0.4, -0.2) is 53.8 Å². The summed E-state index contributed by atoms with van der Waals surface area (Å²) in [6, 6.07) is 22.6. The molecule has 9 heteroatoms. The minimum atomic E-state index is -3.66. The molecular formula is C26H26FN5O2S. The van der Waals surface area contributed by atoms with E-state index in [1.165, 1.54) is 28.6 Å². The molecule has 0 unspecified atom stereocenters. The zero-order valence-electron chi connectivity index (χ0n) is 19.3. The quantitative estimate of drug-likeness (QED) is 0.425. The molecule has 0 amide bonds. The Morgan fingerprint density at radius 1 is 0.857 bits per heavy atom. The number of hydrogen-bond donors (Lipinski definition) is 1. The zero-order valence-corrected chi connectivity index (χ0v) is 20.1. The van der Waals surface area contributed by atoms with Gasteiger partial charge in [-0.1, -0.05) is 30.3 Å². The van der Waals surface area contributed by atoms with Gasteiger partial charge in [0.1, 0.15) is 17.5 Å². The molecule has 5 rings (SSSR count). The monoisotopic (exact) mass is 491 g/mol. The molecule has 0 spiro atoms. The molecule has 7 nitrogen and oxygen atoms in total. The van der Waals surface area contributed by atoms with E-state index in [-0.39, 0.29) is 10.9 Å². The van der Waals surface area contributed by atoms with E-state index in [0.29, 0.717) is 32.0 Å². The molecule has 35 heavy (non-hydrogen) atoms. The summed E-state index contributed by atoms with van der Waals surface area (Å²) in [7, 11) is -3.66. The van der Waals surface area contributed by atoms with Gasteiger partial charge in [0.15, 0.2) is 0 Å². The second-order valence-electron chi connectivity index (χ2n) is 8.51. The van der Waals surface area contributed by atoms with Crippen LogP contribution in [-0.2, 0) is 10.0 Å². The van der Waals surface area contributed by atoms with Crippen LogP contribution in [0.1, 0.15) is 18.8 Å². The molecule has 0 saturated carbocycles. The number of para-hydroxylation sites is 2. The van der Waals surface area contributed by atoms with Crippen molar-refractivity contribution < 1.29 is 12.8 Å². The highest BCUT2D eigenvalue weighted by Gasteiger charge is 2.31. The average Bonchev–Trinajstić information content (AvgIpc) is 2.89. The number of nitrogens with zero attached hydrogens (tertiary/aromatic N) is 4. The van der Waals surface area contributed by atoms with Crippen molar-refractivity contribution in [3.05, 3.63) is 90.5 Å². The Hall–Kier alpha value is -3.40. The number of halogens is 1. The number of hydrogen-bond acceptors (Lipinski definition) is 6. The molecule has 1 aliphatic heterocycles. The van der Waals surface area contributed by atoms with Crippen molar-refractivity contribution in [2.75, 3.05) is 31.5 Å². The first kappa shape index (κ1) is 23.3. The van der Waals surface area contributed by atoms with Crippen molar-refractivity contribution in [3.63, 3.8) is 0 Å². The lowest BCUT2D eigenvalue weighted by atomic mass is 10.2. The van der Waals surface area contributed by atoms with E-state index in [1.807, 2.05) is 61.5 Å². The molecule has 4 aromatic rings. The fourth-order valence-corrected chi connectivity index (χ4v) is 5.71. The summed E-state index contributed by atoms with van der Waals surface area (Å²) < 4.78 is 40.6. The maximum atomic E-state index is 13.2. The van der Waals surface area contributed by atoms with E-state index < -0.39 is 15.8 Å². The minimum Gasteiger partial charge on any atom is -0.340 e. The van der Waals surface area contributed by atoms with E-state index in [4.69, 9.17) is 9.97 Å². The van der Waals surface area contributed by atoms with E-state index in [0.717, 1.165) is 22.4 Å². The van der Waals surface area contributed by atoms with Crippen LogP contribution in [0.5, 0.6) is 0 Å². The number of benzene rings is 3. The number of nitrogens with one attached hydrogen (secondary N) is 1. The summed E-state index contributed by atoms with van der Waals surface area (Å²) in [6.07, 6.45) is 0. The highest BCUT2D eigenvalue weighted by atomic mass is 32.2. The smallest absolute Gasteiger partial charge is 0.243 e. The first-order chi connectivity index (χ1) is 16.9. The van der Waals surface area contributed by atoms with Gasteiger partial charge < -0.3 is 5.32 Å². The van der Waals surface area contributed by atoms with Gasteiger partial charge in [-0.05, 0) is 55.5 Å². The Bertz CT molecular complexity index is 1420. The highest BCUT2D eigenvalue weighted by Crippen LogP contribution is 2.28. The number of aromatic nitrogens is 2. The third kappa shape index (κ3) is 4.88.